The average molecular weight is 430 g/mol. The summed E-state index contributed by atoms with van der Waals surface area (Å²) in [6, 6.07) is 11.4. The summed E-state index contributed by atoms with van der Waals surface area (Å²) in [6.45, 7) is 4.58. The monoisotopic (exact) mass is 429 g/mol. The van der Waals surface area contributed by atoms with E-state index in [0.717, 1.165) is 22.5 Å². The van der Waals surface area contributed by atoms with Gasteiger partial charge in [-0.3, -0.25) is 18.7 Å². The lowest BCUT2D eigenvalue weighted by molar-refractivity contribution is 0.246. The van der Waals surface area contributed by atoms with Gasteiger partial charge in [0.05, 0.1) is 17.4 Å². The highest BCUT2D eigenvalue weighted by atomic mass is 35.5. The maximum absolute atomic E-state index is 12.7. The highest BCUT2D eigenvalue weighted by molar-refractivity contribution is 6.35. The molecule has 0 aliphatic rings. The molecule has 1 unspecified atom stereocenters. The summed E-state index contributed by atoms with van der Waals surface area (Å²) in [5, 5.41) is 10.5. The second-order valence-electron chi connectivity index (χ2n) is 7.39. The molecule has 6 nitrogen and oxygen atoms in total. The van der Waals surface area contributed by atoms with Gasteiger partial charge in [0.2, 0.25) is 5.78 Å². The molecule has 29 heavy (non-hydrogen) atoms. The fraction of sp³-hybridized carbons (Fsp3) is 0.286. The minimum Gasteiger partial charge on any atom is -0.292 e. The lowest BCUT2D eigenvalue weighted by atomic mass is 10.1. The summed E-state index contributed by atoms with van der Waals surface area (Å²) in [4.78, 5) is 14.9. The van der Waals surface area contributed by atoms with Gasteiger partial charge in [0.25, 0.3) is 5.56 Å². The molecular weight excluding hydrogens is 409 g/mol. The van der Waals surface area contributed by atoms with Crippen molar-refractivity contribution < 1.29 is 0 Å². The van der Waals surface area contributed by atoms with Gasteiger partial charge in [-0.25, -0.2) is 0 Å². The second-order valence-corrected chi connectivity index (χ2v) is 8.24. The molecule has 0 fully saturated rings. The largest absolute Gasteiger partial charge is 0.292 e. The van der Waals surface area contributed by atoms with E-state index >= 15 is 0 Å². The number of nitrogens with zero attached hydrogens (tertiary/aromatic N) is 5. The Labute approximate surface area is 178 Å². The van der Waals surface area contributed by atoms with Crippen LogP contribution in [-0.2, 0) is 13.6 Å². The van der Waals surface area contributed by atoms with Crippen molar-refractivity contribution in [3.05, 3.63) is 73.7 Å². The molecule has 4 rings (SSSR count). The highest BCUT2D eigenvalue weighted by Gasteiger charge is 2.20. The third kappa shape index (κ3) is 3.41. The van der Waals surface area contributed by atoms with Gasteiger partial charge in [-0.1, -0.05) is 40.9 Å². The van der Waals surface area contributed by atoms with E-state index in [2.05, 4.69) is 22.0 Å². The molecule has 0 spiro atoms. The Bertz CT molecular complexity index is 1290. The fourth-order valence-electron chi connectivity index (χ4n) is 3.60. The van der Waals surface area contributed by atoms with Crippen LogP contribution in [0.4, 0.5) is 0 Å². The summed E-state index contributed by atoms with van der Waals surface area (Å²) in [5.41, 5.74) is 2.75. The molecule has 2 heterocycles. The van der Waals surface area contributed by atoms with Gasteiger partial charge in [0.15, 0.2) is 5.82 Å². The van der Waals surface area contributed by atoms with Gasteiger partial charge in [0, 0.05) is 23.1 Å². The van der Waals surface area contributed by atoms with Gasteiger partial charge in [-0.05, 0) is 50.7 Å². The SMILES string of the molecule is Cc1ccc2c(c1)c(=O)n(C)c1nnc(CN(C)C(C)c3ccc(Cl)cc3Cl)n21. The lowest BCUT2D eigenvalue weighted by Crippen LogP contribution is -2.25. The van der Waals surface area contributed by atoms with E-state index in [1.807, 2.05) is 48.7 Å². The summed E-state index contributed by atoms with van der Waals surface area (Å²) in [6.07, 6.45) is 0. The molecule has 0 bridgehead atoms. The number of rotatable bonds is 4. The Balaban J connectivity index is 1.78. The van der Waals surface area contributed by atoms with Crippen LogP contribution >= 0.6 is 23.2 Å². The molecule has 0 aliphatic heterocycles. The van der Waals surface area contributed by atoms with Crippen molar-refractivity contribution in [2.75, 3.05) is 7.05 Å². The molecule has 4 aromatic rings. The zero-order valence-corrected chi connectivity index (χ0v) is 18.2. The number of benzene rings is 2. The van der Waals surface area contributed by atoms with Crippen LogP contribution in [0.5, 0.6) is 0 Å². The third-order valence-electron chi connectivity index (χ3n) is 5.41. The van der Waals surface area contributed by atoms with E-state index in [0.29, 0.717) is 27.8 Å². The molecule has 1 atom stereocenters. The van der Waals surface area contributed by atoms with Crippen molar-refractivity contribution >= 4 is 39.9 Å². The molecule has 0 radical (unpaired) electrons. The maximum atomic E-state index is 12.7. The van der Waals surface area contributed by atoms with E-state index in [1.54, 1.807) is 13.1 Å². The van der Waals surface area contributed by atoms with Crippen molar-refractivity contribution in [1.29, 1.82) is 0 Å². The van der Waals surface area contributed by atoms with Crippen molar-refractivity contribution in [3.63, 3.8) is 0 Å². The van der Waals surface area contributed by atoms with Crippen LogP contribution in [0.25, 0.3) is 16.7 Å². The van der Waals surface area contributed by atoms with E-state index in [9.17, 15) is 4.79 Å². The van der Waals surface area contributed by atoms with Crippen LogP contribution in [0.3, 0.4) is 0 Å². The molecule has 8 heteroatoms. The Morgan fingerprint density at radius 1 is 1.14 bits per heavy atom. The summed E-state index contributed by atoms with van der Waals surface area (Å²) >= 11 is 12.4. The summed E-state index contributed by atoms with van der Waals surface area (Å²) in [7, 11) is 3.72. The van der Waals surface area contributed by atoms with Crippen LogP contribution < -0.4 is 5.56 Å². The normalized spacial score (nSPS) is 12.9. The van der Waals surface area contributed by atoms with Crippen LogP contribution in [0, 0.1) is 6.92 Å². The predicted octanol–water partition coefficient (Wildman–Crippen LogP) is 4.39. The van der Waals surface area contributed by atoms with Crippen molar-refractivity contribution in [3.8, 4) is 0 Å². The Morgan fingerprint density at radius 3 is 2.62 bits per heavy atom. The fourth-order valence-corrected chi connectivity index (χ4v) is 4.17. The smallest absolute Gasteiger partial charge is 0.262 e. The number of hydrogen-bond donors (Lipinski definition) is 0. The number of halogens is 2. The molecule has 0 N–H and O–H groups in total. The Morgan fingerprint density at radius 2 is 1.90 bits per heavy atom. The molecule has 0 amide bonds. The standard InChI is InChI=1S/C21H21Cl2N5O/c1-12-5-8-18-16(9-12)20(29)27(4)21-25-24-19(28(18)21)11-26(3)13(2)15-7-6-14(22)10-17(15)23/h5-10,13H,11H2,1-4H3. The van der Waals surface area contributed by atoms with Gasteiger partial charge in [-0.15, -0.1) is 10.2 Å². The Kier molecular flexibility index (Phi) is 5.11. The van der Waals surface area contributed by atoms with Gasteiger partial charge in [-0.2, -0.15) is 0 Å². The van der Waals surface area contributed by atoms with E-state index in [1.165, 1.54) is 4.57 Å². The molecule has 0 saturated carbocycles. The lowest BCUT2D eigenvalue weighted by Gasteiger charge is -2.25. The summed E-state index contributed by atoms with van der Waals surface area (Å²) in [5.74, 6) is 1.27. The minimum absolute atomic E-state index is 0.0353. The zero-order valence-electron chi connectivity index (χ0n) is 16.6. The van der Waals surface area contributed by atoms with Gasteiger partial charge >= 0.3 is 0 Å². The Hall–Kier alpha value is -2.41. The van der Waals surface area contributed by atoms with Crippen LogP contribution in [0.15, 0.2) is 41.2 Å². The third-order valence-corrected chi connectivity index (χ3v) is 5.97. The number of fused-ring (bicyclic) bond motifs is 3. The number of aryl methyl sites for hydroxylation is 2. The molecular formula is C21H21Cl2N5O. The topological polar surface area (TPSA) is 55.4 Å². The minimum atomic E-state index is -0.0789. The van der Waals surface area contributed by atoms with Crippen LogP contribution in [0.2, 0.25) is 10.0 Å². The van der Waals surface area contributed by atoms with E-state index in [-0.39, 0.29) is 11.6 Å². The van der Waals surface area contributed by atoms with Crippen molar-refractivity contribution in [1.82, 2.24) is 24.1 Å². The van der Waals surface area contributed by atoms with Crippen LogP contribution in [-0.4, -0.2) is 31.1 Å². The molecule has 0 saturated heterocycles. The maximum Gasteiger partial charge on any atom is 0.262 e. The number of hydrogen-bond acceptors (Lipinski definition) is 4. The van der Waals surface area contributed by atoms with Gasteiger partial charge in [0.1, 0.15) is 0 Å². The molecule has 2 aromatic carbocycles. The molecule has 0 aliphatic carbocycles. The van der Waals surface area contributed by atoms with Crippen LogP contribution in [0.1, 0.15) is 29.9 Å². The highest BCUT2D eigenvalue weighted by Crippen LogP contribution is 2.30. The first-order valence-electron chi connectivity index (χ1n) is 9.26. The van der Waals surface area contributed by atoms with Gasteiger partial charge < -0.3 is 0 Å². The first-order chi connectivity index (χ1) is 13.8. The quantitative estimate of drug-likeness (QED) is 0.482. The zero-order chi connectivity index (χ0) is 20.9. The predicted molar refractivity (Wildman–Crippen MR) is 117 cm³/mol. The van der Waals surface area contributed by atoms with E-state index in [4.69, 9.17) is 23.2 Å². The first-order valence-corrected chi connectivity index (χ1v) is 10.0. The number of aromatic nitrogens is 4. The molecule has 2 aromatic heterocycles. The average Bonchev–Trinajstić information content (AvgIpc) is 3.09. The van der Waals surface area contributed by atoms with E-state index < -0.39 is 0 Å². The summed E-state index contributed by atoms with van der Waals surface area (Å²) < 4.78 is 3.49. The van der Waals surface area contributed by atoms with Crippen molar-refractivity contribution in [2.24, 2.45) is 7.05 Å². The van der Waals surface area contributed by atoms with Crippen molar-refractivity contribution in [2.45, 2.75) is 26.4 Å². The molecule has 150 valence electrons. The second kappa shape index (κ2) is 7.44. The first kappa shape index (κ1) is 19.9.